The highest BCUT2D eigenvalue weighted by atomic mass is 16.5. The fourth-order valence-electron chi connectivity index (χ4n) is 4.10. The number of anilines is 1. The van der Waals surface area contributed by atoms with Gasteiger partial charge in [-0.1, -0.05) is 13.8 Å². The first-order valence-electron chi connectivity index (χ1n) is 10.6. The Balaban J connectivity index is 1.79. The predicted octanol–water partition coefficient (Wildman–Crippen LogP) is 1.43. The quantitative estimate of drug-likeness (QED) is 0.661. The second kappa shape index (κ2) is 10.0. The Morgan fingerprint density at radius 1 is 1.28 bits per heavy atom. The monoisotopic (exact) mass is 403 g/mol. The first-order valence-corrected chi connectivity index (χ1v) is 10.6. The van der Waals surface area contributed by atoms with E-state index in [0.29, 0.717) is 32.7 Å². The van der Waals surface area contributed by atoms with Crippen molar-refractivity contribution in [3.8, 4) is 0 Å². The van der Waals surface area contributed by atoms with Gasteiger partial charge in [0, 0.05) is 58.4 Å². The third-order valence-electron chi connectivity index (χ3n) is 5.63. The Kier molecular flexibility index (Phi) is 7.41. The van der Waals surface area contributed by atoms with Crippen molar-refractivity contribution in [2.45, 2.75) is 39.0 Å². The van der Waals surface area contributed by atoms with Crippen LogP contribution in [0.3, 0.4) is 0 Å². The van der Waals surface area contributed by atoms with Crippen LogP contribution in [0.25, 0.3) is 0 Å². The van der Waals surface area contributed by atoms with E-state index >= 15 is 0 Å². The Bertz CT molecular complexity index is 705. The summed E-state index contributed by atoms with van der Waals surface area (Å²) in [6, 6.07) is 1.89. The Hall–Kier alpha value is -2.22. The molecule has 8 nitrogen and oxygen atoms in total. The van der Waals surface area contributed by atoms with Gasteiger partial charge in [-0.05, 0) is 24.8 Å². The predicted molar refractivity (Wildman–Crippen MR) is 111 cm³/mol. The van der Waals surface area contributed by atoms with E-state index in [4.69, 9.17) is 9.72 Å². The molecule has 0 bridgehead atoms. The van der Waals surface area contributed by atoms with Gasteiger partial charge in [-0.2, -0.15) is 0 Å². The topological polar surface area (TPSA) is 87.7 Å². The first-order chi connectivity index (χ1) is 14.0. The molecule has 1 aromatic rings. The number of carbonyl (C=O) groups is 2. The number of rotatable bonds is 8. The van der Waals surface area contributed by atoms with Gasteiger partial charge in [0.25, 0.3) is 0 Å². The van der Waals surface area contributed by atoms with Crippen LogP contribution < -0.4 is 10.2 Å². The average molecular weight is 404 g/mol. The van der Waals surface area contributed by atoms with Crippen molar-refractivity contribution in [1.29, 1.82) is 0 Å². The molecule has 0 unspecified atom stereocenters. The molecule has 0 spiro atoms. The van der Waals surface area contributed by atoms with Gasteiger partial charge >= 0.3 is 0 Å². The van der Waals surface area contributed by atoms with Crippen LogP contribution >= 0.6 is 0 Å². The molecule has 3 rings (SSSR count). The van der Waals surface area contributed by atoms with Crippen LogP contribution in [0, 0.1) is 11.8 Å². The summed E-state index contributed by atoms with van der Waals surface area (Å²) < 4.78 is 5.04. The van der Waals surface area contributed by atoms with Gasteiger partial charge in [-0.25, -0.2) is 9.97 Å². The van der Waals surface area contributed by atoms with Crippen LogP contribution in [-0.2, 0) is 14.3 Å². The molecule has 29 heavy (non-hydrogen) atoms. The number of nitrogens with zero attached hydrogens (tertiary/aromatic N) is 4. The smallest absolute Gasteiger partial charge is 0.225 e. The maximum absolute atomic E-state index is 12.9. The van der Waals surface area contributed by atoms with Crippen LogP contribution in [0.5, 0.6) is 0 Å². The van der Waals surface area contributed by atoms with Crippen molar-refractivity contribution in [2.24, 2.45) is 11.8 Å². The lowest BCUT2D eigenvalue weighted by Gasteiger charge is -2.20. The highest BCUT2D eigenvalue weighted by Gasteiger charge is 2.41. The van der Waals surface area contributed by atoms with Crippen LogP contribution in [0.15, 0.2) is 12.3 Å². The van der Waals surface area contributed by atoms with E-state index in [1.165, 1.54) is 0 Å². The van der Waals surface area contributed by atoms with Gasteiger partial charge in [0.1, 0.15) is 0 Å². The van der Waals surface area contributed by atoms with E-state index in [2.05, 4.69) is 15.2 Å². The zero-order valence-electron chi connectivity index (χ0n) is 17.8. The van der Waals surface area contributed by atoms with Gasteiger partial charge in [-0.15, -0.1) is 0 Å². The number of amides is 2. The summed E-state index contributed by atoms with van der Waals surface area (Å²) in [5.74, 6) is 0.628. The molecular weight excluding hydrogens is 370 g/mol. The second-order valence-corrected chi connectivity index (χ2v) is 8.37. The normalized spacial score (nSPS) is 21.8. The molecule has 1 aromatic heterocycles. The highest BCUT2D eigenvalue weighted by Crippen LogP contribution is 2.33. The zero-order valence-corrected chi connectivity index (χ0v) is 17.8. The van der Waals surface area contributed by atoms with Crippen molar-refractivity contribution < 1.29 is 14.3 Å². The summed E-state index contributed by atoms with van der Waals surface area (Å²) in [6.07, 6.45) is 4.57. The number of aromatic nitrogens is 2. The molecule has 2 amide bonds. The number of likely N-dealkylation sites (tertiary alicyclic amines) is 1. The SMILES string of the molecule is COCCNC(=O)[C@H]1CN(C(=O)CC(C)C)C[C@H]1c1ccnc(N2CCCC2)n1. The van der Waals surface area contributed by atoms with E-state index in [1.807, 2.05) is 24.8 Å². The molecule has 8 heteroatoms. The molecular formula is C21H33N5O3. The van der Waals surface area contributed by atoms with E-state index in [0.717, 1.165) is 37.6 Å². The molecule has 2 aliphatic heterocycles. The minimum Gasteiger partial charge on any atom is -0.383 e. The average Bonchev–Trinajstić information content (AvgIpc) is 3.38. The molecule has 0 aromatic carbocycles. The maximum Gasteiger partial charge on any atom is 0.225 e. The third-order valence-corrected chi connectivity index (χ3v) is 5.63. The maximum atomic E-state index is 12.9. The minimum absolute atomic E-state index is 0.0479. The van der Waals surface area contributed by atoms with Crippen LogP contribution in [0.4, 0.5) is 5.95 Å². The van der Waals surface area contributed by atoms with Gasteiger partial charge in [0.05, 0.1) is 18.2 Å². The van der Waals surface area contributed by atoms with Gasteiger partial charge in [-0.3, -0.25) is 9.59 Å². The number of ether oxygens (including phenoxy) is 1. The van der Waals surface area contributed by atoms with E-state index < -0.39 is 0 Å². The summed E-state index contributed by atoms with van der Waals surface area (Å²) in [6.45, 7) is 7.87. The number of hydrogen-bond acceptors (Lipinski definition) is 6. The fourth-order valence-corrected chi connectivity index (χ4v) is 4.10. The number of nitrogens with one attached hydrogen (secondary N) is 1. The molecule has 0 radical (unpaired) electrons. The molecule has 2 atom stereocenters. The van der Waals surface area contributed by atoms with Crippen LogP contribution in [-0.4, -0.2) is 73.1 Å². The molecule has 3 heterocycles. The fraction of sp³-hybridized carbons (Fsp3) is 0.714. The summed E-state index contributed by atoms with van der Waals surface area (Å²) in [5, 5.41) is 2.94. The summed E-state index contributed by atoms with van der Waals surface area (Å²) in [4.78, 5) is 38.8. The van der Waals surface area contributed by atoms with Crippen molar-refractivity contribution in [1.82, 2.24) is 20.2 Å². The van der Waals surface area contributed by atoms with Crippen molar-refractivity contribution in [2.75, 3.05) is 51.3 Å². The van der Waals surface area contributed by atoms with Crippen molar-refractivity contribution in [3.05, 3.63) is 18.0 Å². The number of carbonyl (C=O) groups excluding carboxylic acids is 2. The number of hydrogen-bond donors (Lipinski definition) is 1. The summed E-state index contributed by atoms with van der Waals surface area (Å²) in [5.41, 5.74) is 0.841. The molecule has 160 valence electrons. The summed E-state index contributed by atoms with van der Waals surface area (Å²) >= 11 is 0. The largest absolute Gasteiger partial charge is 0.383 e. The Labute approximate surface area is 173 Å². The lowest BCUT2D eigenvalue weighted by Crippen LogP contribution is -2.37. The standard InChI is InChI=1S/C21H33N5O3/c1-15(2)12-19(27)26-13-16(17(14-26)20(28)22-8-11-29-3)18-6-7-23-21(24-18)25-9-4-5-10-25/h6-7,15-17H,4-5,8-14H2,1-3H3,(H,22,28)/t16-,17+/m1/s1. The highest BCUT2D eigenvalue weighted by molar-refractivity contribution is 5.83. The second-order valence-electron chi connectivity index (χ2n) is 8.37. The molecule has 1 N–H and O–H groups in total. The summed E-state index contributed by atoms with van der Waals surface area (Å²) in [7, 11) is 1.61. The lowest BCUT2D eigenvalue weighted by atomic mass is 9.92. The van der Waals surface area contributed by atoms with E-state index in [9.17, 15) is 9.59 Å². The molecule has 0 saturated carbocycles. The molecule has 2 aliphatic rings. The Morgan fingerprint density at radius 2 is 2.03 bits per heavy atom. The minimum atomic E-state index is -0.315. The van der Waals surface area contributed by atoms with E-state index in [-0.39, 0.29) is 29.6 Å². The van der Waals surface area contributed by atoms with Crippen molar-refractivity contribution in [3.63, 3.8) is 0 Å². The van der Waals surface area contributed by atoms with Gasteiger partial charge in [0.15, 0.2) is 0 Å². The first kappa shape index (κ1) is 21.5. The van der Waals surface area contributed by atoms with Gasteiger partial charge < -0.3 is 19.9 Å². The Morgan fingerprint density at radius 3 is 2.72 bits per heavy atom. The molecule has 2 saturated heterocycles. The van der Waals surface area contributed by atoms with E-state index in [1.54, 1.807) is 13.3 Å². The van der Waals surface area contributed by atoms with Crippen LogP contribution in [0.1, 0.15) is 44.7 Å². The van der Waals surface area contributed by atoms with Gasteiger partial charge in [0.2, 0.25) is 17.8 Å². The van der Waals surface area contributed by atoms with Crippen LogP contribution in [0.2, 0.25) is 0 Å². The molecule has 2 fully saturated rings. The lowest BCUT2D eigenvalue weighted by molar-refractivity contribution is -0.131. The van der Waals surface area contributed by atoms with Crippen molar-refractivity contribution >= 4 is 17.8 Å². The third kappa shape index (κ3) is 5.44. The zero-order chi connectivity index (χ0) is 20.8. The molecule has 0 aliphatic carbocycles. The number of methoxy groups -OCH3 is 1.